The van der Waals surface area contributed by atoms with Crippen molar-refractivity contribution < 1.29 is 37.0 Å². The van der Waals surface area contributed by atoms with Crippen molar-refractivity contribution in [3.05, 3.63) is 81.9 Å². The highest BCUT2D eigenvalue weighted by molar-refractivity contribution is 6.31. The molecule has 0 aliphatic carbocycles. The quantitative estimate of drug-likeness (QED) is 0.461. The third kappa shape index (κ3) is 3.74. The van der Waals surface area contributed by atoms with Crippen LogP contribution >= 0.6 is 11.6 Å². The van der Waals surface area contributed by atoms with E-state index in [1.54, 1.807) is 17.0 Å². The van der Waals surface area contributed by atoms with Crippen molar-refractivity contribution >= 4 is 29.1 Å². The highest BCUT2D eigenvalue weighted by Crippen LogP contribution is 2.55. The number of anilines is 1. The van der Waals surface area contributed by atoms with Gasteiger partial charge in [-0.3, -0.25) is 9.59 Å². The number of carbonyl (C=O) groups excluding carboxylic acids is 2. The molecule has 0 saturated heterocycles. The van der Waals surface area contributed by atoms with Crippen LogP contribution in [0.4, 0.5) is 18.9 Å². The van der Waals surface area contributed by atoms with Crippen LogP contribution in [0.1, 0.15) is 33.5 Å². The summed E-state index contributed by atoms with van der Waals surface area (Å²) in [5.41, 5.74) is -0.475. The first-order valence-corrected chi connectivity index (χ1v) is 12.2. The highest BCUT2D eigenvalue weighted by atomic mass is 35.5. The van der Waals surface area contributed by atoms with Crippen LogP contribution in [-0.2, 0) is 16.4 Å². The number of benzene rings is 3. The number of amides is 2. The SMILES string of the molecule is O=C(NCCCN1C(=O)C2(COc3cc4c(cc32)OCO4)c2ccccc21)c1cc(Cl)ccc1C(F)(F)F. The Morgan fingerprint density at radius 3 is 2.55 bits per heavy atom. The van der Waals surface area contributed by atoms with Gasteiger partial charge in [-0.05, 0) is 42.3 Å². The summed E-state index contributed by atoms with van der Waals surface area (Å²) >= 11 is 5.83. The van der Waals surface area contributed by atoms with Crippen LogP contribution in [0.25, 0.3) is 0 Å². The molecule has 0 bridgehead atoms. The summed E-state index contributed by atoms with van der Waals surface area (Å²) in [5, 5.41) is 2.54. The van der Waals surface area contributed by atoms with E-state index in [-0.39, 0.29) is 37.4 Å². The Bertz CT molecular complexity index is 1480. The Morgan fingerprint density at radius 2 is 1.76 bits per heavy atom. The van der Waals surface area contributed by atoms with Gasteiger partial charge in [0, 0.05) is 35.4 Å². The van der Waals surface area contributed by atoms with E-state index in [4.69, 9.17) is 25.8 Å². The van der Waals surface area contributed by atoms with Gasteiger partial charge in [0.1, 0.15) is 17.8 Å². The molecule has 7 nitrogen and oxygen atoms in total. The van der Waals surface area contributed by atoms with E-state index in [0.717, 1.165) is 23.8 Å². The summed E-state index contributed by atoms with van der Waals surface area (Å²) in [6.45, 7) is 0.489. The number of halogens is 4. The largest absolute Gasteiger partial charge is 0.491 e. The third-order valence-corrected chi connectivity index (χ3v) is 7.25. The van der Waals surface area contributed by atoms with Gasteiger partial charge < -0.3 is 24.4 Å². The predicted molar refractivity (Wildman–Crippen MR) is 131 cm³/mol. The molecule has 1 unspecified atom stereocenters. The number of carbonyl (C=O) groups is 2. The Balaban J connectivity index is 1.20. The van der Waals surface area contributed by atoms with Crippen molar-refractivity contribution in [3.63, 3.8) is 0 Å². The molecule has 3 aliphatic rings. The topological polar surface area (TPSA) is 77.1 Å². The van der Waals surface area contributed by atoms with E-state index in [1.807, 2.05) is 24.3 Å². The van der Waals surface area contributed by atoms with Crippen LogP contribution in [0.2, 0.25) is 5.02 Å². The Kier molecular flexibility index (Phi) is 5.68. The van der Waals surface area contributed by atoms with E-state index in [0.29, 0.717) is 34.9 Å². The van der Waals surface area contributed by atoms with Crippen molar-refractivity contribution in [1.82, 2.24) is 5.32 Å². The molecule has 11 heteroatoms. The minimum absolute atomic E-state index is 0.0226. The molecule has 3 aromatic carbocycles. The fourth-order valence-electron chi connectivity index (χ4n) is 5.27. The molecule has 3 aromatic rings. The fourth-order valence-corrected chi connectivity index (χ4v) is 5.44. The van der Waals surface area contributed by atoms with Gasteiger partial charge in [0.2, 0.25) is 12.7 Å². The molecule has 0 saturated carbocycles. The predicted octanol–water partition coefficient (Wildman–Crippen LogP) is 4.93. The highest BCUT2D eigenvalue weighted by Gasteiger charge is 2.57. The van der Waals surface area contributed by atoms with Gasteiger partial charge in [-0.2, -0.15) is 13.2 Å². The van der Waals surface area contributed by atoms with Crippen LogP contribution in [-0.4, -0.2) is 38.3 Å². The molecule has 3 heterocycles. The van der Waals surface area contributed by atoms with Gasteiger partial charge in [-0.1, -0.05) is 29.8 Å². The molecular weight excluding hydrogens is 525 g/mol. The molecule has 2 amide bonds. The van der Waals surface area contributed by atoms with Crippen molar-refractivity contribution in [1.29, 1.82) is 0 Å². The molecular formula is C27H20ClF3N2O5. The lowest BCUT2D eigenvalue weighted by Crippen LogP contribution is -2.43. The minimum Gasteiger partial charge on any atom is -0.491 e. The van der Waals surface area contributed by atoms with Crippen molar-refractivity contribution in [2.24, 2.45) is 0 Å². The zero-order chi connectivity index (χ0) is 26.7. The number of hydrogen-bond donors (Lipinski definition) is 1. The van der Waals surface area contributed by atoms with Gasteiger partial charge in [-0.25, -0.2) is 0 Å². The van der Waals surface area contributed by atoms with Gasteiger partial charge in [0.15, 0.2) is 11.5 Å². The van der Waals surface area contributed by atoms with Gasteiger partial charge >= 0.3 is 6.18 Å². The molecule has 0 radical (unpaired) electrons. The number of ether oxygens (including phenoxy) is 3. The summed E-state index contributed by atoms with van der Waals surface area (Å²) < 4.78 is 57.0. The normalized spacial score (nSPS) is 18.9. The average molecular weight is 545 g/mol. The van der Waals surface area contributed by atoms with Crippen molar-refractivity contribution in [2.75, 3.05) is 31.4 Å². The summed E-state index contributed by atoms with van der Waals surface area (Å²) in [7, 11) is 0. The molecule has 38 heavy (non-hydrogen) atoms. The summed E-state index contributed by atoms with van der Waals surface area (Å²) in [6.07, 6.45) is -4.40. The lowest BCUT2D eigenvalue weighted by Gasteiger charge is -2.23. The van der Waals surface area contributed by atoms with Gasteiger partial charge in [-0.15, -0.1) is 0 Å². The van der Waals surface area contributed by atoms with Gasteiger partial charge in [0.25, 0.3) is 5.91 Å². The summed E-state index contributed by atoms with van der Waals surface area (Å²) in [6, 6.07) is 13.8. The lowest BCUT2D eigenvalue weighted by molar-refractivity contribution is -0.138. The van der Waals surface area contributed by atoms with Crippen molar-refractivity contribution in [2.45, 2.75) is 18.0 Å². The van der Waals surface area contributed by atoms with Crippen LogP contribution in [0.15, 0.2) is 54.6 Å². The Hall–Kier alpha value is -3.92. The molecule has 1 spiro atoms. The number of nitrogens with one attached hydrogen (secondary N) is 1. The van der Waals surface area contributed by atoms with Crippen LogP contribution in [0.3, 0.4) is 0 Å². The second kappa shape index (κ2) is 8.83. The van der Waals surface area contributed by atoms with Crippen molar-refractivity contribution in [3.8, 4) is 17.2 Å². The molecule has 196 valence electrons. The van der Waals surface area contributed by atoms with E-state index in [9.17, 15) is 22.8 Å². The van der Waals surface area contributed by atoms with E-state index in [2.05, 4.69) is 5.32 Å². The zero-order valence-corrected chi connectivity index (χ0v) is 20.5. The smallest absolute Gasteiger partial charge is 0.417 e. The first kappa shape index (κ1) is 24.4. The van der Waals surface area contributed by atoms with E-state index < -0.39 is 28.6 Å². The Labute approximate surface area is 220 Å². The molecule has 3 aliphatic heterocycles. The number of nitrogens with zero attached hydrogens (tertiary/aromatic N) is 1. The van der Waals surface area contributed by atoms with E-state index >= 15 is 0 Å². The maximum atomic E-state index is 13.9. The fraction of sp³-hybridized carbons (Fsp3) is 0.259. The number of fused-ring (bicyclic) bond motifs is 5. The second-order valence-electron chi connectivity index (χ2n) is 9.17. The second-order valence-corrected chi connectivity index (χ2v) is 9.60. The Morgan fingerprint density at radius 1 is 1.00 bits per heavy atom. The standard InChI is InChI=1S/C27H20ClF3N2O5/c28-15-6-7-17(27(29,30)31)16(10-15)24(34)32-8-3-9-33-20-5-2-1-4-18(20)26(25(33)35)13-36-21-12-23-22(11-19(21)26)37-14-38-23/h1-2,4-7,10-12H,3,8-9,13-14H2,(H,32,34). The average Bonchev–Trinajstić information content (AvgIpc) is 3.56. The summed E-state index contributed by atoms with van der Waals surface area (Å²) in [5.74, 6) is 0.573. The maximum absolute atomic E-state index is 13.9. The molecule has 0 fully saturated rings. The maximum Gasteiger partial charge on any atom is 0.417 e. The monoisotopic (exact) mass is 544 g/mol. The number of para-hydroxylation sites is 1. The van der Waals surface area contributed by atoms with E-state index in [1.165, 1.54) is 0 Å². The first-order valence-electron chi connectivity index (χ1n) is 11.8. The van der Waals surface area contributed by atoms with Gasteiger partial charge in [0.05, 0.1) is 11.1 Å². The molecule has 1 atom stereocenters. The zero-order valence-electron chi connectivity index (χ0n) is 19.7. The van der Waals surface area contributed by atoms with Crippen LogP contribution in [0, 0.1) is 0 Å². The van der Waals surface area contributed by atoms with Crippen LogP contribution in [0.5, 0.6) is 17.2 Å². The molecule has 0 aromatic heterocycles. The number of alkyl halides is 3. The lowest BCUT2D eigenvalue weighted by atomic mass is 9.77. The number of hydrogen-bond acceptors (Lipinski definition) is 5. The van der Waals surface area contributed by atoms with Crippen LogP contribution < -0.4 is 24.4 Å². The third-order valence-electron chi connectivity index (χ3n) is 7.02. The first-order chi connectivity index (χ1) is 18.2. The number of rotatable bonds is 5. The summed E-state index contributed by atoms with van der Waals surface area (Å²) in [4.78, 5) is 28.1. The molecule has 6 rings (SSSR count). The molecule has 1 N–H and O–H groups in total. The minimum atomic E-state index is -4.70.